The average molecular weight is 293 g/mol. The monoisotopic (exact) mass is 293 g/mol. The highest BCUT2D eigenvalue weighted by atomic mass is 32.2. The molecule has 110 valence electrons. The minimum Gasteiger partial charge on any atom is -0.493 e. The molecule has 1 aromatic carbocycles. The Morgan fingerprint density at radius 2 is 2.30 bits per heavy atom. The number of methoxy groups -OCH3 is 1. The van der Waals surface area contributed by atoms with Crippen molar-refractivity contribution in [3.05, 3.63) is 23.8 Å². The molecule has 0 spiro atoms. The fourth-order valence-corrected chi connectivity index (χ4v) is 4.12. The van der Waals surface area contributed by atoms with E-state index in [0.717, 1.165) is 36.6 Å². The number of ether oxygens (including phenoxy) is 2. The maximum atomic E-state index is 6.14. The van der Waals surface area contributed by atoms with Crippen LogP contribution in [0.3, 0.4) is 0 Å². The number of benzene rings is 1. The summed E-state index contributed by atoms with van der Waals surface area (Å²) in [5.41, 5.74) is 1.26. The van der Waals surface area contributed by atoms with Gasteiger partial charge < -0.3 is 14.8 Å². The third-order valence-corrected chi connectivity index (χ3v) is 5.21. The van der Waals surface area contributed by atoms with Crippen molar-refractivity contribution in [2.24, 2.45) is 0 Å². The number of rotatable bonds is 5. The van der Waals surface area contributed by atoms with E-state index in [1.54, 1.807) is 7.11 Å². The van der Waals surface area contributed by atoms with Crippen LogP contribution in [0.25, 0.3) is 0 Å². The normalized spacial score (nSPS) is 25.9. The van der Waals surface area contributed by atoms with Gasteiger partial charge in [-0.2, -0.15) is 11.8 Å². The lowest BCUT2D eigenvalue weighted by Crippen LogP contribution is -2.24. The highest BCUT2D eigenvalue weighted by Crippen LogP contribution is 2.35. The molecule has 2 heterocycles. The van der Waals surface area contributed by atoms with Crippen LogP contribution in [0.5, 0.6) is 11.5 Å². The summed E-state index contributed by atoms with van der Waals surface area (Å²) in [4.78, 5) is 0. The van der Waals surface area contributed by atoms with Crippen molar-refractivity contribution in [3.8, 4) is 11.5 Å². The summed E-state index contributed by atoms with van der Waals surface area (Å²) < 4.78 is 11.8. The number of hydrogen-bond acceptors (Lipinski definition) is 4. The Kier molecular flexibility index (Phi) is 4.73. The lowest BCUT2D eigenvalue weighted by molar-refractivity contribution is 0.218. The largest absolute Gasteiger partial charge is 0.493 e. The first kappa shape index (κ1) is 14.1. The van der Waals surface area contributed by atoms with Gasteiger partial charge in [0.25, 0.3) is 0 Å². The number of para-hydroxylation sites is 1. The van der Waals surface area contributed by atoms with Crippen molar-refractivity contribution in [3.63, 3.8) is 0 Å². The minimum atomic E-state index is 0.341. The molecule has 0 radical (unpaired) electrons. The fourth-order valence-electron chi connectivity index (χ4n) is 3.03. The van der Waals surface area contributed by atoms with Crippen molar-refractivity contribution < 1.29 is 9.47 Å². The van der Waals surface area contributed by atoms with Gasteiger partial charge in [-0.3, -0.25) is 0 Å². The summed E-state index contributed by atoms with van der Waals surface area (Å²) in [6, 6.07) is 6.87. The van der Waals surface area contributed by atoms with Gasteiger partial charge in [0.15, 0.2) is 11.5 Å². The summed E-state index contributed by atoms with van der Waals surface area (Å²) in [7, 11) is 1.75. The van der Waals surface area contributed by atoms with Crippen molar-refractivity contribution in [1.82, 2.24) is 5.32 Å². The van der Waals surface area contributed by atoms with Crippen molar-refractivity contribution in [1.29, 1.82) is 0 Å². The van der Waals surface area contributed by atoms with Gasteiger partial charge in [-0.05, 0) is 49.6 Å². The van der Waals surface area contributed by atoms with Crippen LogP contribution >= 0.6 is 11.8 Å². The maximum Gasteiger partial charge on any atom is 0.163 e. The predicted molar refractivity (Wildman–Crippen MR) is 84.1 cm³/mol. The van der Waals surface area contributed by atoms with E-state index in [1.807, 2.05) is 17.8 Å². The summed E-state index contributed by atoms with van der Waals surface area (Å²) in [5, 5.41) is 3.55. The van der Waals surface area contributed by atoms with Crippen LogP contribution in [-0.2, 0) is 6.42 Å². The highest BCUT2D eigenvalue weighted by Gasteiger charge is 2.22. The molecule has 1 N–H and O–H groups in total. The second-order valence-electron chi connectivity index (χ2n) is 5.55. The molecule has 0 amide bonds. The zero-order chi connectivity index (χ0) is 13.8. The van der Waals surface area contributed by atoms with Crippen molar-refractivity contribution >= 4 is 11.8 Å². The first-order valence-electron chi connectivity index (χ1n) is 7.50. The molecule has 2 saturated heterocycles. The van der Waals surface area contributed by atoms with Gasteiger partial charge in [0.05, 0.1) is 7.11 Å². The summed E-state index contributed by atoms with van der Waals surface area (Å²) >= 11 is 1.97. The molecular weight excluding hydrogens is 270 g/mol. The van der Waals surface area contributed by atoms with E-state index < -0.39 is 0 Å². The number of hydrogen-bond donors (Lipinski definition) is 1. The van der Waals surface area contributed by atoms with Gasteiger partial charge in [0.1, 0.15) is 6.10 Å². The molecule has 4 heteroatoms. The molecule has 0 bridgehead atoms. The first-order chi connectivity index (χ1) is 9.86. The fraction of sp³-hybridized carbons (Fsp3) is 0.625. The van der Waals surface area contributed by atoms with Gasteiger partial charge >= 0.3 is 0 Å². The zero-order valence-electron chi connectivity index (χ0n) is 12.1. The van der Waals surface area contributed by atoms with Crippen molar-refractivity contribution in [2.75, 3.05) is 25.2 Å². The van der Waals surface area contributed by atoms with E-state index in [9.17, 15) is 0 Å². The molecule has 0 saturated carbocycles. The second-order valence-corrected chi connectivity index (χ2v) is 6.70. The molecule has 3 nitrogen and oxygen atoms in total. The molecule has 0 aliphatic carbocycles. The molecule has 0 aromatic heterocycles. The quantitative estimate of drug-likeness (QED) is 0.904. The summed E-state index contributed by atoms with van der Waals surface area (Å²) in [6.07, 6.45) is 5.05. The second kappa shape index (κ2) is 6.72. The van der Waals surface area contributed by atoms with Crippen LogP contribution in [0.15, 0.2) is 18.2 Å². The Morgan fingerprint density at radius 3 is 3.00 bits per heavy atom. The Bertz CT molecular complexity index is 404. The summed E-state index contributed by atoms with van der Waals surface area (Å²) in [6.45, 7) is 1.14. The van der Waals surface area contributed by atoms with Crippen LogP contribution in [0.4, 0.5) is 0 Å². The Hall–Kier alpha value is -0.870. The van der Waals surface area contributed by atoms with Gasteiger partial charge in [-0.25, -0.2) is 0 Å². The molecule has 20 heavy (non-hydrogen) atoms. The third-order valence-electron chi connectivity index (χ3n) is 4.07. The number of nitrogens with one attached hydrogen (secondary N) is 1. The van der Waals surface area contributed by atoms with Crippen LogP contribution < -0.4 is 14.8 Å². The zero-order valence-corrected chi connectivity index (χ0v) is 12.9. The SMILES string of the molecule is COc1c(CC2CCCN2)cccc1OC1CCSC1. The van der Waals surface area contributed by atoms with Gasteiger partial charge in [0.2, 0.25) is 0 Å². The lowest BCUT2D eigenvalue weighted by Gasteiger charge is -2.19. The first-order valence-corrected chi connectivity index (χ1v) is 8.66. The molecule has 1 aromatic rings. The van der Waals surface area contributed by atoms with E-state index in [2.05, 4.69) is 17.4 Å². The predicted octanol–water partition coefficient (Wildman–Crippen LogP) is 2.87. The Morgan fingerprint density at radius 1 is 1.35 bits per heavy atom. The van der Waals surface area contributed by atoms with Crippen LogP contribution in [0.1, 0.15) is 24.8 Å². The molecule has 3 rings (SSSR count). The van der Waals surface area contributed by atoms with E-state index in [-0.39, 0.29) is 0 Å². The molecular formula is C16H23NO2S. The van der Waals surface area contributed by atoms with Crippen LogP contribution in [-0.4, -0.2) is 37.3 Å². The standard InChI is InChI=1S/C16H23NO2S/c1-18-16-12(10-13-5-3-8-17-13)4-2-6-15(16)19-14-7-9-20-11-14/h2,4,6,13-14,17H,3,5,7-11H2,1H3. The molecule has 2 fully saturated rings. The topological polar surface area (TPSA) is 30.5 Å². The van der Waals surface area contributed by atoms with Crippen LogP contribution in [0.2, 0.25) is 0 Å². The smallest absolute Gasteiger partial charge is 0.163 e. The van der Waals surface area contributed by atoms with Crippen molar-refractivity contribution in [2.45, 2.75) is 37.8 Å². The molecule has 2 unspecified atom stereocenters. The van der Waals surface area contributed by atoms with Gasteiger partial charge in [-0.1, -0.05) is 12.1 Å². The van der Waals surface area contributed by atoms with E-state index in [4.69, 9.17) is 9.47 Å². The Balaban J connectivity index is 1.75. The van der Waals surface area contributed by atoms with E-state index in [1.165, 1.54) is 24.2 Å². The third kappa shape index (κ3) is 3.23. The molecule has 2 atom stereocenters. The van der Waals surface area contributed by atoms with Crippen LogP contribution in [0, 0.1) is 0 Å². The maximum absolute atomic E-state index is 6.14. The number of thioether (sulfide) groups is 1. The lowest BCUT2D eigenvalue weighted by atomic mass is 10.0. The van der Waals surface area contributed by atoms with E-state index >= 15 is 0 Å². The highest BCUT2D eigenvalue weighted by molar-refractivity contribution is 7.99. The molecule has 2 aliphatic rings. The van der Waals surface area contributed by atoms with Gasteiger partial charge in [-0.15, -0.1) is 0 Å². The average Bonchev–Trinajstić information content (AvgIpc) is 3.13. The molecule has 2 aliphatic heterocycles. The minimum absolute atomic E-state index is 0.341. The Labute approximate surface area is 125 Å². The van der Waals surface area contributed by atoms with Gasteiger partial charge in [0, 0.05) is 11.8 Å². The van der Waals surface area contributed by atoms with E-state index in [0.29, 0.717) is 12.1 Å². The summed E-state index contributed by atoms with van der Waals surface area (Å²) in [5.74, 6) is 4.14.